The summed E-state index contributed by atoms with van der Waals surface area (Å²) in [6.45, 7) is 1.76. The molecule has 3 aromatic rings. The van der Waals surface area contributed by atoms with Gasteiger partial charge in [0.1, 0.15) is 11.4 Å². The van der Waals surface area contributed by atoms with Crippen molar-refractivity contribution in [3.05, 3.63) is 45.9 Å². The number of H-pyrrole nitrogens is 2. The minimum Gasteiger partial charge on any atom is -0.506 e. The summed E-state index contributed by atoms with van der Waals surface area (Å²) in [6, 6.07) is 5.40. The second kappa shape index (κ2) is 5.03. The Morgan fingerprint density at radius 2 is 2.09 bits per heavy atom. The highest BCUT2D eigenvalue weighted by Crippen LogP contribution is 2.29. The van der Waals surface area contributed by atoms with Crippen LogP contribution in [0.5, 0.6) is 5.75 Å². The molecule has 3 heterocycles. The monoisotopic (exact) mass is 299 g/mol. The first-order valence-electron chi connectivity index (χ1n) is 6.68. The van der Waals surface area contributed by atoms with E-state index < -0.39 is 22.8 Å². The van der Waals surface area contributed by atoms with Crippen LogP contribution in [-0.4, -0.2) is 31.1 Å². The number of carboxylic acids is 1. The van der Waals surface area contributed by atoms with E-state index >= 15 is 0 Å². The molecule has 0 bridgehead atoms. The molecule has 112 valence electrons. The highest BCUT2D eigenvalue weighted by atomic mass is 16.4. The SMILES string of the molecule is CCc1c(-c2ccc3cc[nH]c3n2)[nH]c(=O)c(C(=O)O)c1O. The van der Waals surface area contributed by atoms with E-state index in [9.17, 15) is 14.7 Å². The molecular formula is C15H13N3O4. The molecule has 0 aliphatic heterocycles. The van der Waals surface area contributed by atoms with Crippen LogP contribution in [0, 0.1) is 0 Å². The average Bonchev–Trinajstić information content (AvgIpc) is 2.93. The molecule has 0 radical (unpaired) electrons. The normalized spacial score (nSPS) is 11.0. The quantitative estimate of drug-likeness (QED) is 0.588. The van der Waals surface area contributed by atoms with Gasteiger partial charge in [0.2, 0.25) is 0 Å². The van der Waals surface area contributed by atoms with Crippen LogP contribution in [0.25, 0.3) is 22.4 Å². The van der Waals surface area contributed by atoms with E-state index in [4.69, 9.17) is 5.11 Å². The molecule has 22 heavy (non-hydrogen) atoms. The molecule has 0 amide bonds. The Morgan fingerprint density at radius 1 is 1.32 bits per heavy atom. The van der Waals surface area contributed by atoms with Crippen LogP contribution in [-0.2, 0) is 6.42 Å². The lowest BCUT2D eigenvalue weighted by atomic mass is 10.0. The van der Waals surface area contributed by atoms with E-state index in [0.29, 0.717) is 29.0 Å². The van der Waals surface area contributed by atoms with E-state index in [2.05, 4.69) is 15.0 Å². The number of rotatable bonds is 3. The molecule has 3 aromatic heterocycles. The first-order valence-corrected chi connectivity index (χ1v) is 6.68. The molecule has 0 aliphatic carbocycles. The van der Waals surface area contributed by atoms with Gasteiger partial charge in [-0.15, -0.1) is 0 Å². The van der Waals surface area contributed by atoms with Crippen molar-refractivity contribution in [3.63, 3.8) is 0 Å². The van der Waals surface area contributed by atoms with E-state index in [1.54, 1.807) is 19.2 Å². The van der Waals surface area contributed by atoms with Crippen molar-refractivity contribution in [2.24, 2.45) is 0 Å². The summed E-state index contributed by atoms with van der Waals surface area (Å²) >= 11 is 0. The number of pyridine rings is 2. The summed E-state index contributed by atoms with van der Waals surface area (Å²) in [6.07, 6.45) is 2.10. The number of carbonyl (C=O) groups is 1. The van der Waals surface area contributed by atoms with Gasteiger partial charge in [-0.05, 0) is 24.6 Å². The fraction of sp³-hybridized carbons (Fsp3) is 0.133. The van der Waals surface area contributed by atoms with E-state index in [-0.39, 0.29) is 0 Å². The third kappa shape index (κ3) is 2.03. The molecule has 4 N–H and O–H groups in total. The summed E-state index contributed by atoms with van der Waals surface area (Å²) in [5.74, 6) is -1.98. The van der Waals surface area contributed by atoms with Crippen LogP contribution in [0.1, 0.15) is 22.8 Å². The van der Waals surface area contributed by atoms with Crippen molar-refractivity contribution in [1.82, 2.24) is 15.0 Å². The number of aromatic amines is 2. The van der Waals surface area contributed by atoms with Crippen molar-refractivity contribution < 1.29 is 15.0 Å². The topological polar surface area (TPSA) is 119 Å². The van der Waals surface area contributed by atoms with E-state index in [1.807, 2.05) is 12.1 Å². The number of fused-ring (bicyclic) bond motifs is 1. The molecule has 0 aliphatic rings. The molecule has 7 heteroatoms. The van der Waals surface area contributed by atoms with Gasteiger partial charge in [-0.3, -0.25) is 4.79 Å². The van der Waals surface area contributed by atoms with Gasteiger partial charge in [-0.2, -0.15) is 0 Å². The lowest BCUT2D eigenvalue weighted by Gasteiger charge is -2.11. The third-order valence-electron chi connectivity index (χ3n) is 3.52. The molecular weight excluding hydrogens is 286 g/mol. The van der Waals surface area contributed by atoms with Crippen LogP contribution >= 0.6 is 0 Å². The molecule has 0 saturated heterocycles. The molecule has 0 spiro atoms. The highest BCUT2D eigenvalue weighted by molar-refractivity contribution is 5.92. The maximum Gasteiger partial charge on any atom is 0.345 e. The van der Waals surface area contributed by atoms with Crippen molar-refractivity contribution in [3.8, 4) is 17.1 Å². The maximum absolute atomic E-state index is 11.9. The maximum atomic E-state index is 11.9. The number of carboxylic acid groups (broad SMARTS) is 1. The van der Waals surface area contributed by atoms with Crippen LogP contribution in [0.3, 0.4) is 0 Å². The van der Waals surface area contributed by atoms with Gasteiger partial charge in [-0.25, -0.2) is 9.78 Å². The summed E-state index contributed by atoms with van der Waals surface area (Å²) < 4.78 is 0. The van der Waals surface area contributed by atoms with Crippen LogP contribution < -0.4 is 5.56 Å². The zero-order valence-electron chi connectivity index (χ0n) is 11.7. The number of hydrogen-bond donors (Lipinski definition) is 4. The zero-order valence-corrected chi connectivity index (χ0v) is 11.7. The lowest BCUT2D eigenvalue weighted by Crippen LogP contribution is -2.20. The predicted molar refractivity (Wildman–Crippen MR) is 80.2 cm³/mol. The Bertz CT molecular complexity index is 940. The van der Waals surface area contributed by atoms with Gasteiger partial charge < -0.3 is 20.2 Å². The van der Waals surface area contributed by atoms with Crippen molar-refractivity contribution in [2.45, 2.75) is 13.3 Å². The Kier molecular flexibility index (Phi) is 3.17. The smallest absolute Gasteiger partial charge is 0.345 e. The summed E-state index contributed by atoms with van der Waals surface area (Å²) in [5, 5.41) is 20.1. The fourth-order valence-corrected chi connectivity index (χ4v) is 2.46. The summed E-state index contributed by atoms with van der Waals surface area (Å²) in [7, 11) is 0. The number of hydrogen-bond acceptors (Lipinski definition) is 4. The Hall–Kier alpha value is -3.09. The zero-order chi connectivity index (χ0) is 15.9. The summed E-state index contributed by atoms with van der Waals surface area (Å²) in [5.41, 5.74) is 0.257. The van der Waals surface area contributed by atoms with Crippen LogP contribution in [0.2, 0.25) is 0 Å². The standard InChI is InChI=1S/C15H13N3O4/c1-2-8-11(18-14(20)10(12(8)19)15(21)22)9-4-3-7-5-6-16-13(7)17-9/h3-6H,2H2,1H3,(H,16,17)(H,21,22)(H2,18,19,20). The lowest BCUT2D eigenvalue weighted by molar-refractivity contribution is 0.0691. The van der Waals surface area contributed by atoms with Crippen LogP contribution in [0.4, 0.5) is 0 Å². The minimum atomic E-state index is -1.47. The molecule has 0 saturated carbocycles. The van der Waals surface area contributed by atoms with Gasteiger partial charge in [0.05, 0.1) is 11.4 Å². The highest BCUT2D eigenvalue weighted by Gasteiger charge is 2.22. The predicted octanol–water partition coefficient (Wildman–Crippen LogP) is 1.88. The average molecular weight is 299 g/mol. The molecule has 0 fully saturated rings. The molecule has 7 nitrogen and oxygen atoms in total. The van der Waals surface area contributed by atoms with Crippen molar-refractivity contribution >= 4 is 17.0 Å². The summed E-state index contributed by atoms with van der Waals surface area (Å²) in [4.78, 5) is 32.9. The second-order valence-corrected chi connectivity index (χ2v) is 4.80. The van der Waals surface area contributed by atoms with Crippen molar-refractivity contribution in [2.75, 3.05) is 0 Å². The van der Waals surface area contributed by atoms with Gasteiger partial charge in [0, 0.05) is 17.1 Å². The first-order chi connectivity index (χ1) is 10.5. The largest absolute Gasteiger partial charge is 0.506 e. The van der Waals surface area contributed by atoms with Crippen LogP contribution in [0.15, 0.2) is 29.2 Å². The molecule has 0 atom stereocenters. The number of nitrogens with one attached hydrogen (secondary N) is 2. The molecule has 3 rings (SSSR count). The third-order valence-corrected chi connectivity index (χ3v) is 3.52. The Labute approximate surface area is 124 Å². The first kappa shape index (κ1) is 13.9. The number of nitrogens with zero attached hydrogens (tertiary/aromatic N) is 1. The Morgan fingerprint density at radius 3 is 2.77 bits per heavy atom. The molecule has 0 aromatic carbocycles. The van der Waals surface area contributed by atoms with E-state index in [0.717, 1.165) is 5.39 Å². The second-order valence-electron chi connectivity index (χ2n) is 4.80. The molecule has 0 unspecified atom stereocenters. The van der Waals surface area contributed by atoms with Gasteiger partial charge >= 0.3 is 5.97 Å². The number of aromatic carboxylic acids is 1. The van der Waals surface area contributed by atoms with Gasteiger partial charge in [0.15, 0.2) is 5.56 Å². The minimum absolute atomic E-state index is 0.325. The van der Waals surface area contributed by atoms with E-state index in [1.165, 1.54) is 0 Å². The fourth-order valence-electron chi connectivity index (χ4n) is 2.46. The number of aromatic hydroxyl groups is 1. The Balaban J connectivity index is 2.30. The van der Waals surface area contributed by atoms with Crippen molar-refractivity contribution in [1.29, 1.82) is 0 Å². The number of aromatic nitrogens is 3. The van der Waals surface area contributed by atoms with Gasteiger partial charge in [-0.1, -0.05) is 6.92 Å². The van der Waals surface area contributed by atoms with Gasteiger partial charge in [0.25, 0.3) is 5.56 Å².